The van der Waals surface area contributed by atoms with E-state index in [0.29, 0.717) is 11.8 Å². The molecule has 1 aromatic rings. The smallest absolute Gasteiger partial charge is 0.274 e. The predicted octanol–water partition coefficient (Wildman–Crippen LogP) is 2.72. The maximum Gasteiger partial charge on any atom is 0.274 e. The lowest BCUT2D eigenvalue weighted by Gasteiger charge is -2.12. The number of halogens is 1. The van der Waals surface area contributed by atoms with E-state index in [4.69, 9.17) is 0 Å². The number of fused-ring (bicyclic) bond motifs is 1. The Morgan fingerprint density at radius 2 is 1.95 bits per heavy atom. The molecule has 2 saturated carbocycles. The Balaban J connectivity index is 1.71. The first-order chi connectivity index (χ1) is 9.02. The summed E-state index contributed by atoms with van der Waals surface area (Å²) in [5.74, 6) is 0.437. The normalized spacial score (nSPS) is 27.7. The zero-order valence-corrected chi connectivity index (χ0v) is 10.1. The number of hydrogen-bond donors (Lipinski definition) is 1. The lowest BCUT2D eigenvalue weighted by Crippen LogP contribution is -2.21. The topological polar surface area (TPSA) is 72.2 Å². The molecule has 0 aromatic heterocycles. The molecule has 1 aromatic carbocycles. The zero-order valence-electron chi connectivity index (χ0n) is 10.1. The van der Waals surface area contributed by atoms with Crippen molar-refractivity contribution in [3.8, 4) is 0 Å². The summed E-state index contributed by atoms with van der Waals surface area (Å²) in [5, 5.41) is 13.2. The molecule has 0 saturated heterocycles. The van der Waals surface area contributed by atoms with Crippen molar-refractivity contribution in [2.45, 2.75) is 19.3 Å². The summed E-state index contributed by atoms with van der Waals surface area (Å²) >= 11 is 0. The van der Waals surface area contributed by atoms with E-state index in [0.717, 1.165) is 25.0 Å². The number of benzene rings is 1. The van der Waals surface area contributed by atoms with E-state index in [1.54, 1.807) is 0 Å². The number of nitro benzene ring substituents is 1. The first-order valence-electron chi connectivity index (χ1n) is 6.29. The van der Waals surface area contributed by atoms with Crippen LogP contribution in [0.25, 0.3) is 0 Å². The fourth-order valence-corrected chi connectivity index (χ4v) is 2.92. The van der Waals surface area contributed by atoms with Crippen molar-refractivity contribution in [3.05, 3.63) is 34.1 Å². The average molecular weight is 264 g/mol. The minimum Gasteiger partial charge on any atom is -0.325 e. The van der Waals surface area contributed by atoms with Crippen molar-refractivity contribution in [3.63, 3.8) is 0 Å². The number of amides is 1. The van der Waals surface area contributed by atoms with Crippen LogP contribution in [-0.2, 0) is 4.79 Å². The van der Waals surface area contributed by atoms with Gasteiger partial charge in [-0.15, -0.1) is 0 Å². The van der Waals surface area contributed by atoms with Gasteiger partial charge in [-0.25, -0.2) is 4.39 Å². The molecule has 6 heteroatoms. The van der Waals surface area contributed by atoms with E-state index in [9.17, 15) is 19.3 Å². The Hall–Kier alpha value is -1.98. The SMILES string of the molecule is O=C(Nc1cc(F)cc([N+](=O)[O-])c1)C1CC2CC2C1. The summed E-state index contributed by atoms with van der Waals surface area (Å²) < 4.78 is 13.2. The van der Waals surface area contributed by atoms with Gasteiger partial charge in [-0.3, -0.25) is 14.9 Å². The van der Waals surface area contributed by atoms with Gasteiger partial charge in [0.15, 0.2) is 0 Å². The van der Waals surface area contributed by atoms with Crippen LogP contribution < -0.4 is 5.32 Å². The number of nitro groups is 1. The molecule has 3 rings (SSSR count). The molecule has 0 spiro atoms. The van der Waals surface area contributed by atoms with Crippen LogP contribution in [0.1, 0.15) is 19.3 Å². The number of nitrogens with one attached hydrogen (secondary N) is 1. The Morgan fingerprint density at radius 3 is 2.58 bits per heavy atom. The van der Waals surface area contributed by atoms with Crippen molar-refractivity contribution in [1.29, 1.82) is 0 Å². The fourth-order valence-electron chi connectivity index (χ4n) is 2.92. The largest absolute Gasteiger partial charge is 0.325 e. The second-order valence-electron chi connectivity index (χ2n) is 5.37. The number of hydrogen-bond acceptors (Lipinski definition) is 3. The second kappa shape index (κ2) is 4.29. The fraction of sp³-hybridized carbons (Fsp3) is 0.462. The van der Waals surface area contributed by atoms with Gasteiger partial charge in [0.2, 0.25) is 5.91 Å². The van der Waals surface area contributed by atoms with Crippen molar-refractivity contribution in [1.82, 2.24) is 0 Å². The number of anilines is 1. The Kier molecular flexibility index (Phi) is 2.73. The van der Waals surface area contributed by atoms with Crippen molar-refractivity contribution < 1.29 is 14.1 Å². The van der Waals surface area contributed by atoms with E-state index in [1.165, 1.54) is 12.5 Å². The molecule has 1 amide bonds. The molecular weight excluding hydrogens is 251 g/mol. The summed E-state index contributed by atoms with van der Waals surface area (Å²) in [5.41, 5.74) is -0.207. The van der Waals surface area contributed by atoms with Gasteiger partial charge in [0.05, 0.1) is 16.7 Å². The number of rotatable bonds is 3. The summed E-state index contributed by atoms with van der Waals surface area (Å²) in [4.78, 5) is 21.9. The number of carbonyl (C=O) groups excluding carboxylic acids is 1. The van der Waals surface area contributed by atoms with E-state index in [2.05, 4.69) is 5.32 Å². The molecule has 2 fully saturated rings. The van der Waals surface area contributed by atoms with Crippen LogP contribution in [0.2, 0.25) is 0 Å². The third-order valence-corrected chi connectivity index (χ3v) is 3.98. The molecular formula is C13H13FN2O3. The lowest BCUT2D eigenvalue weighted by atomic mass is 10.0. The molecule has 0 heterocycles. The van der Waals surface area contributed by atoms with Gasteiger partial charge in [0.25, 0.3) is 5.69 Å². The average Bonchev–Trinajstić information content (AvgIpc) is 2.95. The van der Waals surface area contributed by atoms with Gasteiger partial charge in [0.1, 0.15) is 5.82 Å². The molecule has 100 valence electrons. The predicted molar refractivity (Wildman–Crippen MR) is 66.0 cm³/mol. The van der Waals surface area contributed by atoms with Gasteiger partial charge in [-0.05, 0) is 37.2 Å². The molecule has 0 aliphatic heterocycles. The van der Waals surface area contributed by atoms with E-state index in [1.807, 2.05) is 0 Å². The monoisotopic (exact) mass is 264 g/mol. The number of non-ortho nitro benzene ring substituents is 1. The maximum atomic E-state index is 13.2. The quantitative estimate of drug-likeness (QED) is 0.674. The van der Waals surface area contributed by atoms with Crippen LogP contribution in [0, 0.1) is 33.7 Å². The molecule has 0 bridgehead atoms. The second-order valence-corrected chi connectivity index (χ2v) is 5.37. The van der Waals surface area contributed by atoms with Crippen LogP contribution >= 0.6 is 0 Å². The summed E-state index contributed by atoms with van der Waals surface area (Å²) in [6.07, 6.45) is 2.98. The minimum absolute atomic E-state index is 0.0360. The van der Waals surface area contributed by atoms with E-state index < -0.39 is 10.7 Å². The molecule has 19 heavy (non-hydrogen) atoms. The Bertz CT molecular complexity index is 551. The first kappa shape index (κ1) is 12.1. The van der Waals surface area contributed by atoms with E-state index >= 15 is 0 Å². The highest BCUT2D eigenvalue weighted by molar-refractivity contribution is 5.93. The molecule has 2 unspecified atom stereocenters. The van der Waals surface area contributed by atoms with Crippen LogP contribution in [-0.4, -0.2) is 10.8 Å². The van der Waals surface area contributed by atoms with Gasteiger partial charge >= 0.3 is 0 Å². The van der Waals surface area contributed by atoms with Crippen LogP contribution in [0.5, 0.6) is 0 Å². The molecule has 2 atom stereocenters. The van der Waals surface area contributed by atoms with Crippen LogP contribution in [0.15, 0.2) is 18.2 Å². The molecule has 5 nitrogen and oxygen atoms in total. The minimum atomic E-state index is -0.723. The highest BCUT2D eigenvalue weighted by atomic mass is 19.1. The van der Waals surface area contributed by atoms with Gasteiger partial charge in [-0.2, -0.15) is 0 Å². The van der Waals surface area contributed by atoms with Crippen molar-refractivity contribution >= 4 is 17.3 Å². The molecule has 2 aliphatic carbocycles. The third kappa shape index (κ3) is 2.43. The first-order valence-corrected chi connectivity index (χ1v) is 6.29. The summed E-state index contributed by atoms with van der Waals surface area (Å²) in [6, 6.07) is 3.11. The molecule has 2 aliphatic rings. The number of nitrogens with zero attached hydrogens (tertiary/aromatic N) is 1. The van der Waals surface area contributed by atoms with Crippen molar-refractivity contribution in [2.75, 3.05) is 5.32 Å². The zero-order chi connectivity index (χ0) is 13.6. The maximum absolute atomic E-state index is 13.2. The third-order valence-electron chi connectivity index (χ3n) is 3.98. The highest BCUT2D eigenvalue weighted by Crippen LogP contribution is 2.54. The molecule has 0 radical (unpaired) electrons. The van der Waals surface area contributed by atoms with Crippen LogP contribution in [0.4, 0.5) is 15.8 Å². The van der Waals surface area contributed by atoms with Crippen LogP contribution in [0.3, 0.4) is 0 Å². The summed E-state index contributed by atoms with van der Waals surface area (Å²) in [6.45, 7) is 0. The summed E-state index contributed by atoms with van der Waals surface area (Å²) in [7, 11) is 0. The van der Waals surface area contributed by atoms with Gasteiger partial charge < -0.3 is 5.32 Å². The van der Waals surface area contributed by atoms with Crippen molar-refractivity contribution in [2.24, 2.45) is 17.8 Å². The highest BCUT2D eigenvalue weighted by Gasteiger charge is 2.47. The standard InChI is InChI=1S/C13H13FN2O3/c14-10-4-11(6-12(5-10)16(18)19)15-13(17)9-2-7-1-8(7)3-9/h4-9H,1-3H2,(H,15,17). The van der Waals surface area contributed by atoms with Gasteiger partial charge in [-0.1, -0.05) is 0 Å². The number of carbonyl (C=O) groups is 1. The van der Waals surface area contributed by atoms with Gasteiger partial charge in [0, 0.05) is 12.0 Å². The lowest BCUT2D eigenvalue weighted by molar-refractivity contribution is -0.385. The van der Waals surface area contributed by atoms with E-state index in [-0.39, 0.29) is 23.2 Å². The Labute approximate surface area is 109 Å². The Morgan fingerprint density at radius 1 is 1.26 bits per heavy atom. The molecule has 1 N–H and O–H groups in total.